The van der Waals surface area contributed by atoms with E-state index in [9.17, 15) is 14.4 Å². The van der Waals surface area contributed by atoms with E-state index < -0.39 is 18.5 Å². The number of aromatic nitrogens is 1. The largest absolute Gasteiger partial charge is 0.486 e. The summed E-state index contributed by atoms with van der Waals surface area (Å²) in [6.07, 6.45) is 0.0188. The predicted molar refractivity (Wildman–Crippen MR) is 142 cm³/mol. The quantitative estimate of drug-likeness (QED) is 0.282. The highest BCUT2D eigenvalue weighted by atomic mass is 16.6. The third-order valence-electron chi connectivity index (χ3n) is 7.07. The zero-order valence-electron chi connectivity index (χ0n) is 20.9. The Labute approximate surface area is 219 Å². The summed E-state index contributed by atoms with van der Waals surface area (Å²) in [5, 5.41) is 0.802. The molecule has 2 aliphatic rings. The zero-order valence-corrected chi connectivity index (χ0v) is 20.9. The standard InChI is InChI=1S/C30H26N2O6/c1-31-23-10-6-5-9-22(23)28(29(31)19-7-3-2-4-8-19)24(33)18-38-30(35)20-15-27(34)32(17-20)21-11-12-25-26(16-21)37-14-13-36-25/h2-12,16,20H,13-15,17-18H2,1H3/t20-/m1/s1. The minimum absolute atomic E-state index is 0.0188. The topological polar surface area (TPSA) is 87.1 Å². The van der Waals surface area contributed by atoms with Crippen LogP contribution >= 0.6 is 0 Å². The second kappa shape index (κ2) is 9.70. The summed E-state index contributed by atoms with van der Waals surface area (Å²) < 4.78 is 18.6. The first-order chi connectivity index (χ1) is 18.5. The molecule has 192 valence electrons. The molecule has 1 saturated heterocycles. The van der Waals surface area contributed by atoms with E-state index >= 15 is 0 Å². The number of benzene rings is 3. The first-order valence-electron chi connectivity index (χ1n) is 12.5. The van der Waals surface area contributed by atoms with E-state index in [-0.39, 0.29) is 24.7 Å². The van der Waals surface area contributed by atoms with Crippen molar-refractivity contribution in [2.75, 3.05) is 31.3 Å². The van der Waals surface area contributed by atoms with Crippen LogP contribution in [0.5, 0.6) is 11.5 Å². The van der Waals surface area contributed by atoms with Gasteiger partial charge in [-0.3, -0.25) is 14.4 Å². The number of hydrogen-bond acceptors (Lipinski definition) is 6. The van der Waals surface area contributed by atoms with Crippen LogP contribution in [0.15, 0.2) is 72.8 Å². The fourth-order valence-corrected chi connectivity index (χ4v) is 5.25. The summed E-state index contributed by atoms with van der Waals surface area (Å²) in [4.78, 5) is 40.7. The van der Waals surface area contributed by atoms with Crippen LogP contribution in [0.25, 0.3) is 22.2 Å². The summed E-state index contributed by atoms with van der Waals surface area (Å²) in [5.41, 5.74) is 3.74. The third-order valence-corrected chi connectivity index (χ3v) is 7.07. The summed E-state index contributed by atoms with van der Waals surface area (Å²) in [6.45, 7) is 0.694. The van der Waals surface area contributed by atoms with Crippen molar-refractivity contribution in [3.05, 3.63) is 78.4 Å². The van der Waals surface area contributed by atoms with Crippen molar-refractivity contribution < 1.29 is 28.6 Å². The number of carbonyl (C=O) groups excluding carboxylic acids is 3. The van der Waals surface area contributed by atoms with Gasteiger partial charge in [0.05, 0.1) is 17.2 Å². The van der Waals surface area contributed by atoms with Gasteiger partial charge in [0.25, 0.3) is 0 Å². The van der Waals surface area contributed by atoms with Crippen LogP contribution in [-0.4, -0.2) is 48.6 Å². The first-order valence-corrected chi connectivity index (χ1v) is 12.5. The van der Waals surface area contributed by atoms with Gasteiger partial charge in [-0.05, 0) is 23.8 Å². The lowest BCUT2D eigenvalue weighted by atomic mass is 10.0. The number of fused-ring (bicyclic) bond motifs is 2. The van der Waals surface area contributed by atoms with Gasteiger partial charge in [0.2, 0.25) is 11.7 Å². The Morgan fingerprint density at radius 1 is 0.947 bits per heavy atom. The van der Waals surface area contributed by atoms with Crippen molar-refractivity contribution >= 4 is 34.3 Å². The molecule has 0 radical (unpaired) electrons. The Hall–Kier alpha value is -4.59. The Morgan fingerprint density at radius 2 is 1.68 bits per heavy atom. The van der Waals surface area contributed by atoms with Gasteiger partial charge in [0, 0.05) is 42.7 Å². The van der Waals surface area contributed by atoms with Crippen molar-refractivity contribution in [3.63, 3.8) is 0 Å². The van der Waals surface area contributed by atoms with Gasteiger partial charge in [-0.15, -0.1) is 0 Å². The predicted octanol–water partition coefficient (Wildman–Crippen LogP) is 4.40. The molecule has 1 aromatic heterocycles. The van der Waals surface area contributed by atoms with Crippen LogP contribution in [0.1, 0.15) is 16.8 Å². The number of esters is 1. The van der Waals surface area contributed by atoms with Crippen molar-refractivity contribution in [2.24, 2.45) is 13.0 Å². The minimum atomic E-state index is -0.662. The fraction of sp³-hybridized carbons (Fsp3) is 0.233. The van der Waals surface area contributed by atoms with E-state index in [4.69, 9.17) is 14.2 Å². The minimum Gasteiger partial charge on any atom is -0.486 e. The maximum absolute atomic E-state index is 13.5. The van der Waals surface area contributed by atoms with Crippen LogP contribution in [0.3, 0.4) is 0 Å². The van der Waals surface area contributed by atoms with Gasteiger partial charge in [-0.25, -0.2) is 0 Å². The summed E-state index contributed by atoms with van der Waals surface area (Å²) in [7, 11) is 1.92. The monoisotopic (exact) mass is 510 g/mol. The molecular formula is C30H26N2O6. The number of hydrogen-bond donors (Lipinski definition) is 0. The molecule has 4 aromatic rings. The lowest BCUT2D eigenvalue weighted by Crippen LogP contribution is -2.27. The van der Waals surface area contributed by atoms with E-state index in [0.717, 1.165) is 22.2 Å². The Morgan fingerprint density at radius 3 is 2.50 bits per heavy atom. The molecule has 0 bridgehead atoms. The van der Waals surface area contributed by atoms with Crippen molar-refractivity contribution in [3.8, 4) is 22.8 Å². The molecule has 3 aromatic carbocycles. The molecule has 38 heavy (non-hydrogen) atoms. The highest BCUT2D eigenvalue weighted by Crippen LogP contribution is 2.36. The molecule has 1 fully saturated rings. The normalized spacial score (nSPS) is 16.6. The molecule has 2 aliphatic heterocycles. The highest BCUT2D eigenvalue weighted by Gasteiger charge is 2.37. The van der Waals surface area contributed by atoms with E-state index in [1.54, 1.807) is 23.1 Å². The number of anilines is 1. The summed E-state index contributed by atoms with van der Waals surface area (Å²) >= 11 is 0. The zero-order chi connectivity index (χ0) is 26.2. The Kier molecular flexibility index (Phi) is 6.07. The van der Waals surface area contributed by atoms with Crippen LogP contribution in [0.2, 0.25) is 0 Å². The maximum Gasteiger partial charge on any atom is 0.311 e. The van der Waals surface area contributed by atoms with Gasteiger partial charge >= 0.3 is 5.97 Å². The Balaban J connectivity index is 1.19. The molecule has 1 amide bonds. The van der Waals surface area contributed by atoms with Crippen molar-refractivity contribution in [1.82, 2.24) is 4.57 Å². The lowest BCUT2D eigenvalue weighted by molar-refractivity contribution is -0.147. The third kappa shape index (κ3) is 4.18. The first kappa shape index (κ1) is 23.8. The average molecular weight is 511 g/mol. The van der Waals surface area contributed by atoms with Crippen LogP contribution in [0, 0.1) is 5.92 Å². The number of amides is 1. The summed E-state index contributed by atoms with van der Waals surface area (Å²) in [6, 6.07) is 22.6. The average Bonchev–Trinajstić information content (AvgIpc) is 3.49. The second-order valence-electron chi connectivity index (χ2n) is 9.43. The highest BCUT2D eigenvalue weighted by molar-refractivity contribution is 6.14. The molecule has 0 aliphatic carbocycles. The number of carbonyl (C=O) groups is 3. The number of rotatable bonds is 6. The van der Waals surface area contributed by atoms with Crippen molar-refractivity contribution in [1.29, 1.82) is 0 Å². The molecule has 8 heteroatoms. The molecule has 1 atom stereocenters. The smallest absolute Gasteiger partial charge is 0.311 e. The van der Waals surface area contributed by atoms with Crippen LogP contribution in [0.4, 0.5) is 5.69 Å². The molecule has 8 nitrogen and oxygen atoms in total. The Bertz CT molecular complexity index is 1560. The van der Waals surface area contributed by atoms with Gasteiger partial charge in [-0.1, -0.05) is 48.5 Å². The van der Waals surface area contributed by atoms with E-state index in [2.05, 4.69) is 0 Å². The maximum atomic E-state index is 13.5. The van der Waals surface area contributed by atoms with Crippen LogP contribution in [-0.2, 0) is 21.4 Å². The fourth-order valence-electron chi connectivity index (χ4n) is 5.25. The number of aryl methyl sites for hydroxylation is 1. The number of para-hydroxylation sites is 1. The second-order valence-corrected chi connectivity index (χ2v) is 9.43. The number of ketones is 1. The van der Waals surface area contributed by atoms with Gasteiger partial charge < -0.3 is 23.7 Å². The molecular weight excluding hydrogens is 484 g/mol. The van der Waals surface area contributed by atoms with E-state index in [1.807, 2.05) is 66.2 Å². The molecule has 0 unspecified atom stereocenters. The van der Waals surface area contributed by atoms with Crippen molar-refractivity contribution in [2.45, 2.75) is 6.42 Å². The summed E-state index contributed by atoms with van der Waals surface area (Å²) in [5.74, 6) is -0.498. The number of Topliss-reactive ketones (excluding diaryl/α,β-unsaturated/α-hetero) is 1. The van der Waals surface area contributed by atoms with E-state index in [1.165, 1.54) is 0 Å². The van der Waals surface area contributed by atoms with E-state index in [0.29, 0.717) is 36.0 Å². The lowest BCUT2D eigenvalue weighted by Gasteiger charge is -2.22. The molecule has 3 heterocycles. The molecule has 0 N–H and O–H groups in total. The number of ether oxygens (including phenoxy) is 3. The molecule has 0 saturated carbocycles. The SMILES string of the molecule is Cn1c(-c2ccccc2)c(C(=O)COC(=O)[C@@H]2CC(=O)N(c3ccc4c(c3)OCCO4)C2)c2ccccc21. The molecule has 6 rings (SSSR count). The van der Waals surface area contributed by atoms with Crippen LogP contribution < -0.4 is 14.4 Å². The number of nitrogens with zero attached hydrogens (tertiary/aromatic N) is 2. The molecule has 0 spiro atoms. The van der Waals surface area contributed by atoms with Gasteiger partial charge in [0.1, 0.15) is 13.2 Å². The van der Waals surface area contributed by atoms with Gasteiger partial charge in [0.15, 0.2) is 18.1 Å². The van der Waals surface area contributed by atoms with Gasteiger partial charge in [-0.2, -0.15) is 0 Å².